The monoisotopic (exact) mass is 300 g/mol. The van der Waals surface area contributed by atoms with Crippen LogP contribution in [0.3, 0.4) is 0 Å². The molecule has 0 saturated heterocycles. The number of rotatable bonds is 5. The average Bonchev–Trinajstić information content (AvgIpc) is 3.15. The second-order valence-corrected chi connectivity index (χ2v) is 5.63. The average molecular weight is 300 g/mol. The molecule has 0 spiro atoms. The largest absolute Gasteiger partial charge is 0.347 e. The third-order valence-electron chi connectivity index (χ3n) is 3.08. The third kappa shape index (κ3) is 3.08. The zero-order valence-electron chi connectivity index (χ0n) is 11.9. The molecule has 1 N–H and O–H groups in total. The minimum absolute atomic E-state index is 0.614. The van der Waals surface area contributed by atoms with Gasteiger partial charge in [0.15, 0.2) is 0 Å². The molecule has 1 aromatic carbocycles. The molecule has 0 atom stereocenters. The fourth-order valence-electron chi connectivity index (χ4n) is 1.92. The zero-order chi connectivity index (χ0) is 14.7. The molecule has 0 unspecified atom stereocenters. The summed E-state index contributed by atoms with van der Waals surface area (Å²) in [6.45, 7) is 4.77. The fourth-order valence-corrected chi connectivity index (χ4v) is 2.66. The molecule has 108 valence electrons. The number of nitrogens with zero attached hydrogens (tertiary/aromatic N) is 5. The number of tetrazole rings is 1. The van der Waals surface area contributed by atoms with Crippen molar-refractivity contribution in [3.8, 4) is 5.69 Å². The molecule has 0 fully saturated rings. The molecule has 0 aliphatic rings. The molecule has 6 nitrogen and oxygen atoms in total. The molecule has 7 heteroatoms. The molecule has 3 aromatic rings. The lowest BCUT2D eigenvalue weighted by atomic mass is 10.2. The molecule has 0 aliphatic carbocycles. The van der Waals surface area contributed by atoms with E-state index in [1.165, 1.54) is 5.56 Å². The highest BCUT2D eigenvalue weighted by Gasteiger charge is 2.08. The molecule has 0 amide bonds. The van der Waals surface area contributed by atoms with Crippen molar-refractivity contribution in [2.45, 2.75) is 26.8 Å². The maximum atomic E-state index is 4.52. The Labute approximate surface area is 126 Å². The normalized spacial score (nSPS) is 10.8. The summed E-state index contributed by atoms with van der Waals surface area (Å²) in [6.07, 6.45) is 0.964. The molecule has 0 aliphatic heterocycles. The van der Waals surface area contributed by atoms with Crippen LogP contribution >= 0.6 is 11.3 Å². The van der Waals surface area contributed by atoms with E-state index in [9.17, 15) is 0 Å². The summed E-state index contributed by atoms with van der Waals surface area (Å²) >= 11 is 1.68. The summed E-state index contributed by atoms with van der Waals surface area (Å²) < 4.78 is 1.69. The van der Waals surface area contributed by atoms with Crippen molar-refractivity contribution in [1.82, 2.24) is 25.2 Å². The van der Waals surface area contributed by atoms with Crippen LogP contribution in [0.5, 0.6) is 0 Å². The van der Waals surface area contributed by atoms with Crippen LogP contribution in [0.1, 0.15) is 23.2 Å². The maximum absolute atomic E-state index is 4.52. The highest BCUT2D eigenvalue weighted by Crippen LogP contribution is 2.14. The molecule has 0 bridgehead atoms. The van der Waals surface area contributed by atoms with Crippen LogP contribution in [0, 0.1) is 6.92 Å². The number of aromatic nitrogens is 5. The van der Waals surface area contributed by atoms with E-state index in [-0.39, 0.29) is 0 Å². The van der Waals surface area contributed by atoms with Crippen LogP contribution in [0.15, 0.2) is 29.6 Å². The SMILES string of the molecule is CCc1nc(CNc2nnnn2-c2ccc(C)cc2)cs1. The molecule has 0 radical (unpaired) electrons. The molecule has 2 heterocycles. The van der Waals surface area contributed by atoms with Gasteiger partial charge in [-0.3, -0.25) is 0 Å². The Morgan fingerprint density at radius 1 is 1.24 bits per heavy atom. The standard InChI is InChI=1S/C14H16N6S/c1-3-13-16-11(9-21-13)8-15-14-17-18-19-20(14)12-6-4-10(2)5-7-12/h4-7,9H,3,8H2,1-2H3,(H,15,17,19). The Hall–Kier alpha value is -2.28. The van der Waals surface area contributed by atoms with Gasteiger partial charge in [0.2, 0.25) is 5.95 Å². The van der Waals surface area contributed by atoms with Gasteiger partial charge in [-0.1, -0.05) is 29.7 Å². The zero-order valence-corrected chi connectivity index (χ0v) is 12.8. The van der Waals surface area contributed by atoms with Crippen molar-refractivity contribution in [3.63, 3.8) is 0 Å². The molecule has 0 saturated carbocycles. The number of hydrogen-bond donors (Lipinski definition) is 1. The second-order valence-electron chi connectivity index (χ2n) is 4.69. The van der Waals surface area contributed by atoms with E-state index in [0.29, 0.717) is 12.5 Å². The van der Waals surface area contributed by atoms with E-state index >= 15 is 0 Å². The van der Waals surface area contributed by atoms with Crippen molar-refractivity contribution in [1.29, 1.82) is 0 Å². The van der Waals surface area contributed by atoms with Crippen LogP contribution in [0.2, 0.25) is 0 Å². The Morgan fingerprint density at radius 2 is 2.05 bits per heavy atom. The van der Waals surface area contributed by atoms with Crippen molar-refractivity contribution >= 4 is 17.3 Å². The van der Waals surface area contributed by atoms with Crippen LogP contribution in [-0.2, 0) is 13.0 Å². The van der Waals surface area contributed by atoms with Gasteiger partial charge in [-0.25, -0.2) is 4.98 Å². The van der Waals surface area contributed by atoms with Gasteiger partial charge in [-0.2, -0.15) is 4.68 Å². The molecular formula is C14H16N6S. The molecule has 21 heavy (non-hydrogen) atoms. The number of aryl methyl sites for hydroxylation is 2. The van der Waals surface area contributed by atoms with Crippen LogP contribution in [-0.4, -0.2) is 25.2 Å². The summed E-state index contributed by atoms with van der Waals surface area (Å²) in [7, 11) is 0. The predicted molar refractivity (Wildman–Crippen MR) is 82.7 cm³/mol. The fraction of sp³-hybridized carbons (Fsp3) is 0.286. The third-order valence-corrected chi connectivity index (χ3v) is 4.12. The predicted octanol–water partition coefficient (Wildman–Crippen LogP) is 2.60. The first-order valence-corrected chi connectivity index (χ1v) is 7.67. The van der Waals surface area contributed by atoms with E-state index < -0.39 is 0 Å². The van der Waals surface area contributed by atoms with Crippen LogP contribution < -0.4 is 5.32 Å². The van der Waals surface area contributed by atoms with E-state index in [0.717, 1.165) is 22.8 Å². The maximum Gasteiger partial charge on any atom is 0.248 e. The summed E-state index contributed by atoms with van der Waals surface area (Å²) in [5, 5.41) is 18.2. The molecule has 3 rings (SSSR count). The highest BCUT2D eigenvalue weighted by atomic mass is 32.1. The van der Waals surface area contributed by atoms with Gasteiger partial charge in [-0.05, 0) is 35.9 Å². The number of benzene rings is 1. The van der Waals surface area contributed by atoms with E-state index in [1.54, 1.807) is 16.0 Å². The summed E-state index contributed by atoms with van der Waals surface area (Å²) in [6, 6.07) is 8.06. The quantitative estimate of drug-likeness (QED) is 0.784. The second kappa shape index (κ2) is 6.01. The van der Waals surface area contributed by atoms with E-state index in [2.05, 4.69) is 45.1 Å². The van der Waals surface area contributed by atoms with E-state index in [4.69, 9.17) is 0 Å². The van der Waals surface area contributed by atoms with Gasteiger partial charge in [0.05, 0.1) is 22.9 Å². The van der Waals surface area contributed by atoms with Gasteiger partial charge in [0.1, 0.15) is 0 Å². The van der Waals surface area contributed by atoms with Crippen LogP contribution in [0.4, 0.5) is 5.95 Å². The Morgan fingerprint density at radius 3 is 2.76 bits per heavy atom. The minimum atomic E-state index is 0.614. The Kier molecular flexibility index (Phi) is 3.92. The van der Waals surface area contributed by atoms with Gasteiger partial charge in [0, 0.05) is 5.38 Å². The van der Waals surface area contributed by atoms with Gasteiger partial charge >= 0.3 is 0 Å². The molecule has 2 aromatic heterocycles. The van der Waals surface area contributed by atoms with Crippen molar-refractivity contribution in [3.05, 3.63) is 45.9 Å². The van der Waals surface area contributed by atoms with Gasteiger partial charge in [-0.15, -0.1) is 11.3 Å². The number of thiazole rings is 1. The lowest BCUT2D eigenvalue weighted by molar-refractivity contribution is 0.788. The first-order chi connectivity index (χ1) is 10.3. The van der Waals surface area contributed by atoms with Gasteiger partial charge < -0.3 is 5.32 Å². The lowest BCUT2D eigenvalue weighted by Crippen LogP contribution is -2.07. The summed E-state index contributed by atoms with van der Waals surface area (Å²) in [4.78, 5) is 4.52. The number of anilines is 1. The Balaban J connectivity index is 1.74. The number of nitrogens with one attached hydrogen (secondary N) is 1. The lowest BCUT2D eigenvalue weighted by Gasteiger charge is -2.06. The highest BCUT2D eigenvalue weighted by molar-refractivity contribution is 7.09. The topological polar surface area (TPSA) is 68.5 Å². The summed E-state index contributed by atoms with van der Waals surface area (Å²) in [5.41, 5.74) is 3.15. The Bertz CT molecular complexity index is 715. The number of hydrogen-bond acceptors (Lipinski definition) is 6. The van der Waals surface area contributed by atoms with Crippen molar-refractivity contribution in [2.75, 3.05) is 5.32 Å². The smallest absolute Gasteiger partial charge is 0.248 e. The first kappa shape index (κ1) is 13.7. The minimum Gasteiger partial charge on any atom is -0.347 e. The van der Waals surface area contributed by atoms with E-state index in [1.807, 2.05) is 24.3 Å². The van der Waals surface area contributed by atoms with Gasteiger partial charge in [0.25, 0.3) is 0 Å². The summed E-state index contributed by atoms with van der Waals surface area (Å²) in [5.74, 6) is 0.616. The first-order valence-electron chi connectivity index (χ1n) is 6.79. The molecular weight excluding hydrogens is 284 g/mol. The van der Waals surface area contributed by atoms with Crippen molar-refractivity contribution < 1.29 is 0 Å². The van der Waals surface area contributed by atoms with Crippen molar-refractivity contribution in [2.24, 2.45) is 0 Å². The van der Waals surface area contributed by atoms with Crippen LogP contribution in [0.25, 0.3) is 5.69 Å².